The van der Waals surface area contributed by atoms with Crippen LogP contribution in [0.15, 0.2) is 47.9 Å². The molecule has 0 amide bonds. The van der Waals surface area contributed by atoms with Crippen LogP contribution in [0.3, 0.4) is 0 Å². The molecule has 2 rings (SSSR count). The molecular formula is C17H18O5S. The second kappa shape index (κ2) is 7.19. The molecule has 0 unspecified atom stereocenters. The SMILES string of the molecule is COc1ccc(CS(=O)(=O)/C=C\c2ccc(O)c(OC)c2)cc1. The van der Waals surface area contributed by atoms with E-state index in [9.17, 15) is 13.5 Å². The monoisotopic (exact) mass is 334 g/mol. The van der Waals surface area contributed by atoms with E-state index in [1.807, 2.05) is 0 Å². The standard InChI is InChI=1S/C17H18O5S/c1-21-15-6-3-14(4-7-15)12-23(19,20)10-9-13-5-8-16(18)17(11-13)22-2/h3-11,18H,12H2,1-2H3/b10-9-. The van der Waals surface area contributed by atoms with Gasteiger partial charge in [0.2, 0.25) is 0 Å². The first-order valence-electron chi connectivity index (χ1n) is 6.84. The Hall–Kier alpha value is -2.47. The quantitative estimate of drug-likeness (QED) is 0.879. The smallest absolute Gasteiger partial charge is 0.175 e. The Bertz CT molecular complexity index is 792. The van der Waals surface area contributed by atoms with Gasteiger partial charge >= 0.3 is 0 Å². The largest absolute Gasteiger partial charge is 0.504 e. The molecule has 0 saturated carbocycles. The van der Waals surface area contributed by atoms with Crippen molar-refractivity contribution in [1.82, 2.24) is 0 Å². The van der Waals surface area contributed by atoms with Crippen LogP contribution in [0.4, 0.5) is 0 Å². The van der Waals surface area contributed by atoms with Gasteiger partial charge < -0.3 is 14.6 Å². The molecule has 0 aromatic heterocycles. The van der Waals surface area contributed by atoms with E-state index in [4.69, 9.17) is 9.47 Å². The van der Waals surface area contributed by atoms with Crippen LogP contribution >= 0.6 is 0 Å². The molecule has 2 aromatic carbocycles. The van der Waals surface area contributed by atoms with E-state index in [1.165, 1.54) is 19.3 Å². The van der Waals surface area contributed by atoms with Gasteiger partial charge in [0.25, 0.3) is 0 Å². The Labute approximate surface area is 135 Å². The molecular weight excluding hydrogens is 316 g/mol. The third-order valence-electron chi connectivity index (χ3n) is 3.20. The summed E-state index contributed by atoms with van der Waals surface area (Å²) >= 11 is 0. The second-order valence-corrected chi connectivity index (χ2v) is 6.78. The third-order valence-corrected chi connectivity index (χ3v) is 4.48. The molecule has 0 heterocycles. The molecule has 122 valence electrons. The molecule has 0 atom stereocenters. The van der Waals surface area contributed by atoms with Crippen LogP contribution in [-0.4, -0.2) is 27.7 Å². The number of hydrogen-bond donors (Lipinski definition) is 1. The highest BCUT2D eigenvalue weighted by Crippen LogP contribution is 2.27. The first-order chi connectivity index (χ1) is 10.9. The van der Waals surface area contributed by atoms with Crippen molar-refractivity contribution in [3.05, 3.63) is 59.0 Å². The molecule has 0 aliphatic carbocycles. The first-order valence-corrected chi connectivity index (χ1v) is 8.56. The first kappa shape index (κ1) is 16.9. The van der Waals surface area contributed by atoms with Crippen LogP contribution < -0.4 is 9.47 Å². The van der Waals surface area contributed by atoms with Gasteiger partial charge in [0.1, 0.15) is 5.75 Å². The molecule has 1 N–H and O–H groups in total. The minimum atomic E-state index is -3.41. The highest BCUT2D eigenvalue weighted by Gasteiger charge is 2.08. The lowest BCUT2D eigenvalue weighted by Gasteiger charge is -2.04. The van der Waals surface area contributed by atoms with Crippen molar-refractivity contribution in [2.45, 2.75) is 5.75 Å². The average molecular weight is 334 g/mol. The van der Waals surface area contributed by atoms with Gasteiger partial charge in [-0.15, -0.1) is 0 Å². The van der Waals surface area contributed by atoms with E-state index in [0.29, 0.717) is 22.6 Å². The van der Waals surface area contributed by atoms with Crippen LogP contribution in [-0.2, 0) is 15.6 Å². The lowest BCUT2D eigenvalue weighted by molar-refractivity contribution is 0.373. The number of phenols is 1. The molecule has 5 nitrogen and oxygen atoms in total. The number of hydrogen-bond acceptors (Lipinski definition) is 5. The van der Waals surface area contributed by atoms with Gasteiger partial charge in [-0.05, 0) is 41.5 Å². The summed E-state index contributed by atoms with van der Waals surface area (Å²) in [6, 6.07) is 11.5. The maximum absolute atomic E-state index is 12.2. The fourth-order valence-corrected chi connectivity index (χ4v) is 3.10. The van der Waals surface area contributed by atoms with Crippen molar-refractivity contribution < 1.29 is 23.0 Å². The fourth-order valence-electron chi connectivity index (χ4n) is 1.98. The molecule has 0 aliphatic rings. The van der Waals surface area contributed by atoms with Crippen LogP contribution in [0.2, 0.25) is 0 Å². The molecule has 0 saturated heterocycles. The van der Waals surface area contributed by atoms with Crippen molar-refractivity contribution in [2.75, 3.05) is 14.2 Å². The van der Waals surface area contributed by atoms with E-state index in [0.717, 1.165) is 5.41 Å². The number of aromatic hydroxyl groups is 1. The molecule has 0 fully saturated rings. The van der Waals surface area contributed by atoms with E-state index in [-0.39, 0.29) is 11.5 Å². The van der Waals surface area contributed by atoms with Gasteiger partial charge in [-0.25, -0.2) is 8.42 Å². The summed E-state index contributed by atoms with van der Waals surface area (Å²) in [5, 5.41) is 10.7. The van der Waals surface area contributed by atoms with Crippen LogP contribution in [0.1, 0.15) is 11.1 Å². The Morgan fingerprint density at radius 2 is 1.74 bits per heavy atom. The summed E-state index contributed by atoms with van der Waals surface area (Å²) < 4.78 is 34.3. The van der Waals surface area contributed by atoms with Gasteiger partial charge in [-0.3, -0.25) is 0 Å². The predicted octanol–water partition coefficient (Wildman–Crippen LogP) is 3.00. The third kappa shape index (κ3) is 4.75. The van der Waals surface area contributed by atoms with Crippen LogP contribution in [0.5, 0.6) is 17.2 Å². The van der Waals surface area contributed by atoms with E-state index < -0.39 is 9.84 Å². The van der Waals surface area contributed by atoms with Gasteiger partial charge in [0, 0.05) is 5.41 Å². The molecule has 2 aromatic rings. The minimum Gasteiger partial charge on any atom is -0.504 e. The molecule has 0 aliphatic heterocycles. The van der Waals surface area contributed by atoms with Crippen molar-refractivity contribution in [3.63, 3.8) is 0 Å². The van der Waals surface area contributed by atoms with Crippen LogP contribution in [0.25, 0.3) is 6.08 Å². The maximum Gasteiger partial charge on any atom is 0.175 e. The molecule has 6 heteroatoms. The van der Waals surface area contributed by atoms with Gasteiger partial charge in [-0.2, -0.15) is 0 Å². The Morgan fingerprint density at radius 1 is 1.04 bits per heavy atom. The van der Waals surface area contributed by atoms with Gasteiger partial charge in [-0.1, -0.05) is 18.2 Å². The predicted molar refractivity (Wildman–Crippen MR) is 89.3 cm³/mol. The molecule has 0 bridgehead atoms. The molecule has 0 radical (unpaired) electrons. The number of phenolic OH excluding ortho intramolecular Hbond substituents is 1. The summed E-state index contributed by atoms with van der Waals surface area (Å²) in [6.07, 6.45) is 1.47. The summed E-state index contributed by atoms with van der Waals surface area (Å²) in [6.45, 7) is 0. The summed E-state index contributed by atoms with van der Waals surface area (Å²) in [4.78, 5) is 0. The normalized spacial score (nSPS) is 11.6. The highest BCUT2D eigenvalue weighted by molar-refractivity contribution is 7.93. The highest BCUT2D eigenvalue weighted by atomic mass is 32.2. The minimum absolute atomic E-state index is 0.00531. The van der Waals surface area contributed by atoms with Crippen molar-refractivity contribution >= 4 is 15.9 Å². The van der Waals surface area contributed by atoms with Crippen molar-refractivity contribution in [3.8, 4) is 17.2 Å². The topological polar surface area (TPSA) is 72.8 Å². The number of methoxy groups -OCH3 is 2. The lowest BCUT2D eigenvalue weighted by Crippen LogP contribution is -2.00. The van der Waals surface area contributed by atoms with E-state index in [2.05, 4.69) is 0 Å². The Balaban J connectivity index is 2.13. The number of benzene rings is 2. The fraction of sp³-hybridized carbons (Fsp3) is 0.176. The number of sulfone groups is 1. The Morgan fingerprint density at radius 3 is 2.35 bits per heavy atom. The van der Waals surface area contributed by atoms with E-state index >= 15 is 0 Å². The lowest BCUT2D eigenvalue weighted by atomic mass is 10.2. The van der Waals surface area contributed by atoms with Crippen molar-refractivity contribution in [1.29, 1.82) is 0 Å². The zero-order valence-electron chi connectivity index (χ0n) is 12.9. The zero-order valence-corrected chi connectivity index (χ0v) is 13.7. The second-order valence-electron chi connectivity index (χ2n) is 4.89. The van der Waals surface area contributed by atoms with Crippen LogP contribution in [0, 0.1) is 0 Å². The zero-order chi connectivity index (χ0) is 16.9. The molecule has 23 heavy (non-hydrogen) atoms. The van der Waals surface area contributed by atoms with E-state index in [1.54, 1.807) is 43.5 Å². The number of rotatable bonds is 6. The average Bonchev–Trinajstić information content (AvgIpc) is 2.54. The number of ether oxygens (including phenoxy) is 2. The van der Waals surface area contributed by atoms with Gasteiger partial charge in [0.15, 0.2) is 21.3 Å². The van der Waals surface area contributed by atoms with Gasteiger partial charge in [0.05, 0.1) is 20.0 Å². The molecule has 0 spiro atoms. The van der Waals surface area contributed by atoms with Crippen molar-refractivity contribution in [2.24, 2.45) is 0 Å². The summed E-state index contributed by atoms with van der Waals surface area (Å²) in [5.41, 5.74) is 1.30. The maximum atomic E-state index is 12.2. The summed E-state index contributed by atoms with van der Waals surface area (Å²) in [7, 11) is -0.417. The Kier molecular flexibility index (Phi) is 5.28. The summed E-state index contributed by atoms with van der Waals surface area (Å²) in [5.74, 6) is 0.881.